The van der Waals surface area contributed by atoms with Crippen LogP contribution in [0.4, 0.5) is 0 Å². The number of aliphatic imine (C=N–C) groups is 1. The minimum absolute atomic E-state index is 0.880. The van der Waals surface area contributed by atoms with Gasteiger partial charge in [0.2, 0.25) is 0 Å². The Bertz CT molecular complexity index is 418. The number of hydrogen-bond acceptors (Lipinski definition) is 2. The van der Waals surface area contributed by atoms with Crippen molar-refractivity contribution in [1.82, 2.24) is 0 Å². The fraction of sp³-hybridized carbons (Fsp3) is 0.438. The highest BCUT2D eigenvalue weighted by Crippen LogP contribution is 2.24. The van der Waals surface area contributed by atoms with E-state index in [2.05, 4.69) is 49.1 Å². The summed E-state index contributed by atoms with van der Waals surface area (Å²) in [6, 6.07) is 11.6. The summed E-state index contributed by atoms with van der Waals surface area (Å²) in [6.07, 6.45) is 7.56. The van der Waals surface area contributed by atoms with E-state index in [0.717, 1.165) is 13.0 Å². The molecule has 0 spiro atoms. The third-order valence-electron chi connectivity index (χ3n) is 2.64. The Morgan fingerprint density at radius 1 is 1.21 bits per heavy atom. The van der Waals surface area contributed by atoms with Crippen LogP contribution in [0.2, 0.25) is 25.7 Å². The number of benzene rings is 1. The van der Waals surface area contributed by atoms with Crippen molar-refractivity contribution >= 4 is 26.1 Å². The maximum Gasteiger partial charge on any atom is 0.0493 e. The third kappa shape index (κ3) is 8.06. The summed E-state index contributed by atoms with van der Waals surface area (Å²) in [4.78, 5) is 6.01. The van der Waals surface area contributed by atoms with Crippen LogP contribution in [0.25, 0.3) is 0 Å². The molecular weight excluding hydrogens is 266 g/mol. The summed E-state index contributed by atoms with van der Waals surface area (Å²) in [5.41, 5.74) is 1.18. The van der Waals surface area contributed by atoms with Crippen molar-refractivity contribution in [2.75, 3.05) is 12.8 Å². The molecule has 0 amide bonds. The van der Waals surface area contributed by atoms with Crippen LogP contribution >= 0.6 is 11.8 Å². The van der Waals surface area contributed by atoms with E-state index in [1.54, 1.807) is 0 Å². The van der Waals surface area contributed by atoms with E-state index in [1.165, 1.54) is 16.5 Å². The lowest BCUT2D eigenvalue weighted by atomic mass is 10.2. The van der Waals surface area contributed by atoms with Gasteiger partial charge in [0.1, 0.15) is 0 Å². The van der Waals surface area contributed by atoms with Gasteiger partial charge in [-0.15, -0.1) is 11.8 Å². The average Bonchev–Trinajstić information content (AvgIpc) is 2.37. The van der Waals surface area contributed by atoms with Crippen LogP contribution in [0, 0.1) is 0 Å². The molecule has 0 saturated heterocycles. The van der Waals surface area contributed by atoms with Gasteiger partial charge < -0.3 is 0 Å². The van der Waals surface area contributed by atoms with Gasteiger partial charge in [-0.2, -0.15) is 0 Å². The summed E-state index contributed by atoms with van der Waals surface area (Å²) in [5, 5.41) is 0. The Hall–Kier alpha value is -0.803. The van der Waals surface area contributed by atoms with E-state index >= 15 is 0 Å². The molecule has 0 heterocycles. The minimum atomic E-state index is -0.990. The Balaban J connectivity index is 2.38. The second-order valence-corrected chi connectivity index (χ2v) is 12.3. The van der Waals surface area contributed by atoms with Crippen molar-refractivity contribution in [2.45, 2.75) is 32.1 Å². The smallest absolute Gasteiger partial charge is 0.0493 e. The van der Waals surface area contributed by atoms with Gasteiger partial charge in [0.25, 0.3) is 0 Å². The van der Waals surface area contributed by atoms with E-state index in [4.69, 9.17) is 0 Å². The monoisotopic (exact) mass is 291 g/mol. The fourth-order valence-corrected chi connectivity index (χ4v) is 5.11. The van der Waals surface area contributed by atoms with Crippen molar-refractivity contribution in [3.05, 3.63) is 46.9 Å². The van der Waals surface area contributed by atoms with Gasteiger partial charge in [-0.25, -0.2) is 0 Å². The number of hydrogen-bond donors (Lipinski definition) is 0. The molecule has 0 aliphatic rings. The molecule has 0 atom stereocenters. The van der Waals surface area contributed by atoms with Crippen LogP contribution < -0.4 is 0 Å². The van der Waals surface area contributed by atoms with Crippen molar-refractivity contribution in [3.8, 4) is 0 Å². The van der Waals surface area contributed by atoms with Crippen molar-refractivity contribution < 1.29 is 0 Å². The lowest BCUT2D eigenvalue weighted by molar-refractivity contribution is 1.01. The average molecular weight is 292 g/mol. The number of allylic oxidation sites excluding steroid dienone is 1. The first kappa shape index (κ1) is 16.3. The highest BCUT2D eigenvalue weighted by molar-refractivity contribution is 8.02. The molecule has 1 nitrogen and oxygen atoms in total. The van der Waals surface area contributed by atoms with Crippen molar-refractivity contribution in [3.63, 3.8) is 0 Å². The molecule has 0 fully saturated rings. The molecule has 104 valence electrons. The van der Waals surface area contributed by atoms with E-state index in [-0.39, 0.29) is 0 Å². The molecule has 1 rings (SSSR count). The fourth-order valence-electron chi connectivity index (χ4n) is 1.76. The highest BCUT2D eigenvalue weighted by atomic mass is 32.2. The molecule has 19 heavy (non-hydrogen) atoms. The predicted octanol–water partition coefficient (Wildman–Crippen LogP) is 5.08. The lowest BCUT2D eigenvalue weighted by Gasteiger charge is -2.16. The lowest BCUT2D eigenvalue weighted by Crippen LogP contribution is -2.19. The van der Waals surface area contributed by atoms with Gasteiger partial charge in [0.15, 0.2) is 0 Å². The molecule has 0 unspecified atom stereocenters. The van der Waals surface area contributed by atoms with Gasteiger partial charge in [-0.1, -0.05) is 56.0 Å². The molecule has 3 heteroatoms. The van der Waals surface area contributed by atoms with Gasteiger partial charge in [-0.3, -0.25) is 4.99 Å². The normalized spacial score (nSPS) is 13.2. The second-order valence-electron chi connectivity index (χ2n) is 5.85. The Kier molecular flexibility index (Phi) is 7.17. The molecule has 0 aromatic heterocycles. The van der Waals surface area contributed by atoms with Crippen LogP contribution in [0.1, 0.15) is 12.0 Å². The number of thioether (sulfide) groups is 1. The standard InChI is InChI=1S/C16H25NSSi/c1-18-16(14-19(2,3)4)11-8-12-17-13-15-9-6-5-7-10-15/h5-7,9-11,13H,8,12,14H2,1-4H3/b16-11-,17-13?. The summed E-state index contributed by atoms with van der Waals surface area (Å²) in [5.74, 6) is 0. The number of rotatable bonds is 7. The molecule has 1 aromatic rings. The largest absolute Gasteiger partial charge is 0.292 e. The first-order valence-electron chi connectivity index (χ1n) is 6.79. The Morgan fingerprint density at radius 3 is 2.47 bits per heavy atom. The maximum atomic E-state index is 4.48. The van der Waals surface area contributed by atoms with Crippen LogP contribution in [-0.2, 0) is 0 Å². The molecular formula is C16H25NSSi. The summed E-state index contributed by atoms with van der Waals surface area (Å²) < 4.78 is 0. The molecule has 0 aliphatic carbocycles. The van der Waals surface area contributed by atoms with Crippen molar-refractivity contribution in [1.29, 1.82) is 0 Å². The summed E-state index contributed by atoms with van der Waals surface area (Å²) >= 11 is 1.90. The van der Waals surface area contributed by atoms with Gasteiger partial charge in [0, 0.05) is 20.8 Å². The topological polar surface area (TPSA) is 12.4 Å². The van der Waals surface area contributed by atoms with Gasteiger partial charge in [0.05, 0.1) is 0 Å². The number of nitrogens with zero attached hydrogens (tertiary/aromatic N) is 1. The van der Waals surface area contributed by atoms with Gasteiger partial charge >= 0.3 is 0 Å². The maximum absolute atomic E-state index is 4.48. The highest BCUT2D eigenvalue weighted by Gasteiger charge is 2.14. The van der Waals surface area contributed by atoms with Gasteiger partial charge in [-0.05, 0) is 29.2 Å². The van der Waals surface area contributed by atoms with E-state index in [1.807, 2.05) is 36.2 Å². The van der Waals surface area contributed by atoms with E-state index in [0.29, 0.717) is 0 Å². The van der Waals surface area contributed by atoms with Crippen molar-refractivity contribution in [2.24, 2.45) is 4.99 Å². The third-order valence-corrected chi connectivity index (χ3v) is 5.17. The molecule has 0 radical (unpaired) electrons. The van der Waals surface area contributed by atoms with E-state index in [9.17, 15) is 0 Å². The molecule has 0 saturated carbocycles. The quantitative estimate of drug-likeness (QED) is 0.387. The molecule has 0 bridgehead atoms. The molecule has 0 aliphatic heterocycles. The Labute approximate surface area is 123 Å². The molecule has 0 N–H and O–H groups in total. The zero-order valence-corrected chi connectivity index (χ0v) is 14.3. The van der Waals surface area contributed by atoms with Crippen LogP contribution in [-0.4, -0.2) is 27.1 Å². The first-order valence-corrected chi connectivity index (χ1v) is 11.7. The van der Waals surface area contributed by atoms with Crippen LogP contribution in [0.15, 0.2) is 46.3 Å². The molecule has 1 aromatic carbocycles. The zero-order chi connectivity index (χ0) is 14.1. The second kappa shape index (κ2) is 8.38. The van der Waals surface area contributed by atoms with Crippen LogP contribution in [0.5, 0.6) is 0 Å². The van der Waals surface area contributed by atoms with E-state index < -0.39 is 8.07 Å². The predicted molar refractivity (Wildman–Crippen MR) is 93.3 cm³/mol. The first-order chi connectivity index (χ1) is 9.01. The SMILES string of the molecule is CS/C(=C\CCN=Cc1ccccc1)C[Si](C)(C)C. The zero-order valence-electron chi connectivity index (χ0n) is 12.5. The summed E-state index contributed by atoms with van der Waals surface area (Å²) in [7, 11) is -0.990. The Morgan fingerprint density at radius 2 is 1.89 bits per heavy atom. The minimum Gasteiger partial charge on any atom is -0.292 e. The van der Waals surface area contributed by atoms with Crippen LogP contribution in [0.3, 0.4) is 0 Å². The summed E-state index contributed by atoms with van der Waals surface area (Å²) in [6.45, 7) is 8.14.